The second kappa shape index (κ2) is 8.70. The highest BCUT2D eigenvalue weighted by Gasteiger charge is 2.41. The first kappa shape index (κ1) is 20.9. The summed E-state index contributed by atoms with van der Waals surface area (Å²) in [5, 5.41) is 3.14. The molecule has 4 rings (SSSR count). The Hall–Kier alpha value is -1.79. The maximum atomic E-state index is 12.8. The van der Waals surface area contributed by atoms with Crippen molar-refractivity contribution >= 4 is 29.9 Å². The maximum Gasteiger partial charge on any atom is 0.229 e. The van der Waals surface area contributed by atoms with Gasteiger partial charge >= 0.3 is 0 Å². The van der Waals surface area contributed by atoms with E-state index in [9.17, 15) is 9.59 Å². The van der Waals surface area contributed by atoms with Gasteiger partial charge in [0, 0.05) is 36.7 Å². The number of amides is 2. The quantitative estimate of drug-likeness (QED) is 0.803. The molecule has 1 aromatic carbocycles. The minimum absolute atomic E-state index is 0. The van der Waals surface area contributed by atoms with E-state index in [2.05, 4.69) is 5.32 Å². The molecule has 154 valence electrons. The third kappa shape index (κ3) is 4.13. The molecule has 1 aromatic rings. The van der Waals surface area contributed by atoms with E-state index in [1.54, 1.807) is 12.0 Å². The van der Waals surface area contributed by atoms with E-state index in [1.165, 1.54) is 6.42 Å². The zero-order chi connectivity index (χ0) is 19.0. The number of benzene rings is 1. The summed E-state index contributed by atoms with van der Waals surface area (Å²) in [7, 11) is 1.61. The van der Waals surface area contributed by atoms with Crippen LogP contribution in [0.2, 0.25) is 0 Å². The summed E-state index contributed by atoms with van der Waals surface area (Å²) in [5.74, 6) is 1.86. The van der Waals surface area contributed by atoms with Gasteiger partial charge in [-0.25, -0.2) is 0 Å². The fraction of sp³-hybridized carbons (Fsp3) is 0.619. The van der Waals surface area contributed by atoms with E-state index in [1.807, 2.05) is 24.3 Å². The van der Waals surface area contributed by atoms with Crippen LogP contribution in [-0.4, -0.2) is 37.6 Å². The second-order valence-corrected chi connectivity index (χ2v) is 8.31. The predicted molar refractivity (Wildman–Crippen MR) is 111 cm³/mol. The number of nitrogens with zero attached hydrogens (tertiary/aromatic N) is 1. The van der Waals surface area contributed by atoms with Crippen molar-refractivity contribution in [3.8, 4) is 5.75 Å². The number of nitrogens with two attached hydrogens (primary N) is 1. The highest BCUT2D eigenvalue weighted by atomic mass is 35.5. The van der Waals surface area contributed by atoms with Crippen LogP contribution >= 0.6 is 12.4 Å². The van der Waals surface area contributed by atoms with E-state index in [4.69, 9.17) is 10.5 Å². The van der Waals surface area contributed by atoms with Gasteiger partial charge in [0.15, 0.2) is 0 Å². The fourth-order valence-corrected chi connectivity index (χ4v) is 5.15. The van der Waals surface area contributed by atoms with E-state index in [0.29, 0.717) is 24.8 Å². The molecule has 3 aliphatic rings. The molecule has 1 heterocycles. The summed E-state index contributed by atoms with van der Waals surface area (Å²) < 4.78 is 5.25. The van der Waals surface area contributed by atoms with E-state index >= 15 is 0 Å². The SMILES string of the molecule is COc1cccc(N2CC(NC(=O)C3CC4CCCC(C3)C4N)CC2=O)c1.Cl. The molecule has 2 aliphatic carbocycles. The summed E-state index contributed by atoms with van der Waals surface area (Å²) >= 11 is 0. The normalized spacial score (nSPS) is 31.9. The van der Waals surface area contributed by atoms with Crippen molar-refractivity contribution in [2.24, 2.45) is 23.5 Å². The van der Waals surface area contributed by atoms with Gasteiger partial charge in [-0.2, -0.15) is 0 Å². The molecule has 1 saturated heterocycles. The number of rotatable bonds is 4. The molecule has 3 unspecified atom stereocenters. The number of methoxy groups -OCH3 is 1. The van der Waals surface area contributed by atoms with Crippen molar-refractivity contribution in [3.05, 3.63) is 24.3 Å². The minimum Gasteiger partial charge on any atom is -0.497 e. The number of hydrogen-bond donors (Lipinski definition) is 2. The summed E-state index contributed by atoms with van der Waals surface area (Å²) in [4.78, 5) is 27.0. The van der Waals surface area contributed by atoms with Crippen molar-refractivity contribution < 1.29 is 14.3 Å². The van der Waals surface area contributed by atoms with Gasteiger partial charge in [-0.1, -0.05) is 12.5 Å². The minimum atomic E-state index is -0.133. The number of halogens is 1. The Morgan fingerprint density at radius 1 is 1.25 bits per heavy atom. The number of carbonyl (C=O) groups is 2. The van der Waals surface area contributed by atoms with E-state index in [0.717, 1.165) is 37.1 Å². The van der Waals surface area contributed by atoms with Crippen LogP contribution in [0.3, 0.4) is 0 Å². The lowest BCUT2D eigenvalue weighted by Gasteiger charge is -2.43. The number of hydrogen-bond acceptors (Lipinski definition) is 4. The standard InChI is InChI=1S/C21H29N3O3.ClH/c1-27-18-7-3-6-17(11-18)24-12-16(10-19(24)25)23-21(26)15-8-13-4-2-5-14(9-15)20(13)22;/h3,6-7,11,13-16,20H,2,4-5,8-10,12,22H2,1H3,(H,23,26);1H. The lowest BCUT2D eigenvalue weighted by atomic mass is 9.65. The van der Waals surface area contributed by atoms with Crippen molar-refractivity contribution in [3.63, 3.8) is 0 Å². The number of ether oxygens (including phenoxy) is 1. The number of anilines is 1. The maximum absolute atomic E-state index is 12.8. The molecular weight excluding hydrogens is 378 g/mol. The largest absolute Gasteiger partial charge is 0.497 e. The fourth-order valence-electron chi connectivity index (χ4n) is 5.15. The molecule has 2 amide bonds. The lowest BCUT2D eigenvalue weighted by molar-refractivity contribution is -0.128. The molecule has 3 N–H and O–H groups in total. The van der Waals surface area contributed by atoms with Gasteiger partial charge in [0.1, 0.15) is 5.75 Å². The van der Waals surface area contributed by atoms with Gasteiger partial charge in [-0.15, -0.1) is 12.4 Å². The van der Waals surface area contributed by atoms with Crippen LogP contribution in [0.5, 0.6) is 5.75 Å². The molecule has 2 saturated carbocycles. The van der Waals surface area contributed by atoms with Crippen molar-refractivity contribution in [1.82, 2.24) is 5.32 Å². The summed E-state index contributed by atoms with van der Waals surface area (Å²) in [6, 6.07) is 7.61. The van der Waals surface area contributed by atoms with Crippen LogP contribution in [0.15, 0.2) is 24.3 Å². The molecule has 28 heavy (non-hydrogen) atoms. The smallest absolute Gasteiger partial charge is 0.229 e. The Kier molecular flexibility index (Phi) is 6.50. The Balaban J connectivity index is 0.00000225. The molecular formula is C21H30ClN3O3. The predicted octanol–water partition coefficient (Wildman–Crippen LogP) is 2.49. The van der Waals surface area contributed by atoms with Crippen LogP contribution in [0, 0.1) is 17.8 Å². The Morgan fingerprint density at radius 2 is 1.96 bits per heavy atom. The average Bonchev–Trinajstić information content (AvgIpc) is 3.01. The van der Waals surface area contributed by atoms with Crippen LogP contribution in [0.1, 0.15) is 38.5 Å². The highest BCUT2D eigenvalue weighted by molar-refractivity contribution is 5.97. The van der Waals surface area contributed by atoms with Crippen LogP contribution < -0.4 is 20.7 Å². The molecule has 1 aliphatic heterocycles. The van der Waals surface area contributed by atoms with Gasteiger partial charge in [-0.3, -0.25) is 9.59 Å². The molecule has 3 atom stereocenters. The monoisotopic (exact) mass is 407 g/mol. The first-order valence-electron chi connectivity index (χ1n) is 10.1. The van der Waals surface area contributed by atoms with Crippen molar-refractivity contribution in [1.29, 1.82) is 0 Å². The molecule has 7 heteroatoms. The summed E-state index contributed by atoms with van der Waals surface area (Å²) in [6.07, 6.45) is 5.67. The zero-order valence-corrected chi connectivity index (χ0v) is 17.1. The van der Waals surface area contributed by atoms with Crippen molar-refractivity contribution in [2.45, 2.75) is 50.6 Å². The summed E-state index contributed by atoms with van der Waals surface area (Å²) in [5.41, 5.74) is 7.16. The van der Waals surface area contributed by atoms with E-state index in [-0.39, 0.29) is 42.2 Å². The lowest BCUT2D eigenvalue weighted by Crippen LogP contribution is -2.50. The Labute approximate surface area is 172 Å². The molecule has 2 bridgehead atoms. The number of fused-ring (bicyclic) bond motifs is 2. The van der Waals surface area contributed by atoms with Gasteiger partial charge < -0.3 is 20.7 Å². The molecule has 0 spiro atoms. The van der Waals surface area contributed by atoms with Crippen LogP contribution in [0.25, 0.3) is 0 Å². The molecule has 0 radical (unpaired) electrons. The molecule has 3 fully saturated rings. The topological polar surface area (TPSA) is 84.7 Å². The average molecular weight is 408 g/mol. The highest BCUT2D eigenvalue weighted by Crippen LogP contribution is 2.42. The Morgan fingerprint density at radius 3 is 2.64 bits per heavy atom. The van der Waals surface area contributed by atoms with E-state index < -0.39 is 0 Å². The van der Waals surface area contributed by atoms with Gasteiger partial charge in [0.2, 0.25) is 11.8 Å². The Bertz CT molecular complexity index is 715. The molecule has 0 aromatic heterocycles. The van der Waals surface area contributed by atoms with Crippen LogP contribution in [-0.2, 0) is 9.59 Å². The summed E-state index contributed by atoms with van der Waals surface area (Å²) in [6.45, 7) is 0.511. The second-order valence-electron chi connectivity index (χ2n) is 8.31. The van der Waals surface area contributed by atoms with Crippen molar-refractivity contribution in [2.75, 3.05) is 18.6 Å². The third-order valence-electron chi connectivity index (χ3n) is 6.62. The first-order valence-corrected chi connectivity index (χ1v) is 10.1. The number of nitrogens with one attached hydrogen (secondary N) is 1. The third-order valence-corrected chi connectivity index (χ3v) is 6.62. The molecule has 6 nitrogen and oxygen atoms in total. The first-order chi connectivity index (χ1) is 13.0. The van der Waals surface area contributed by atoms with Gasteiger partial charge in [0.05, 0.1) is 13.2 Å². The van der Waals surface area contributed by atoms with Gasteiger partial charge in [0.25, 0.3) is 0 Å². The van der Waals surface area contributed by atoms with Gasteiger partial charge in [-0.05, 0) is 49.7 Å². The van der Waals surface area contributed by atoms with Crippen LogP contribution in [0.4, 0.5) is 5.69 Å². The zero-order valence-electron chi connectivity index (χ0n) is 16.3. The number of carbonyl (C=O) groups excluding carboxylic acids is 2.